The highest BCUT2D eigenvalue weighted by Crippen LogP contribution is 2.68. The predicted octanol–water partition coefficient (Wildman–Crippen LogP) is -4.00. The molecule has 78 heavy (non-hydrogen) atoms. The van der Waals surface area contributed by atoms with Crippen LogP contribution in [0.2, 0.25) is 0 Å². The molecule has 16 atom stereocenters. The summed E-state index contributed by atoms with van der Waals surface area (Å²) in [5, 5.41) is 27.2. The molecule has 5 aromatic heterocycles. The molecule has 9 heterocycles. The van der Waals surface area contributed by atoms with Gasteiger partial charge in [-0.1, -0.05) is 0 Å². The lowest BCUT2D eigenvalue weighted by Gasteiger charge is -2.35. The van der Waals surface area contributed by atoms with Crippen molar-refractivity contribution >= 4 is 82.8 Å². The average Bonchev–Trinajstić information content (AvgIpc) is 4.25. The molecule has 3 saturated heterocycles. The Labute approximate surface area is 437 Å². The summed E-state index contributed by atoms with van der Waals surface area (Å²) in [6.07, 6.45) is -10.6. The van der Waals surface area contributed by atoms with Gasteiger partial charge >= 0.3 is 29.0 Å². The van der Waals surface area contributed by atoms with Gasteiger partial charge in [0.25, 0.3) is 11.2 Å². The molecule has 38 nitrogen and oxygen atoms in total. The molecule has 14 N–H and O–H groups in total. The summed E-state index contributed by atoms with van der Waals surface area (Å²) in [5.41, 5.74) is 15.4. The molecule has 1 amide bonds. The summed E-state index contributed by atoms with van der Waals surface area (Å²) in [5.74, 6) is -1.68. The Bertz CT molecular complexity index is 3380. The van der Waals surface area contributed by atoms with Crippen LogP contribution in [0.4, 0.5) is 17.6 Å². The van der Waals surface area contributed by atoms with Crippen molar-refractivity contribution in [2.75, 3.05) is 52.6 Å². The molecule has 5 aromatic rings. The number of phosphoric acid groups is 3. The number of ether oxygens (including phenoxy) is 5. The van der Waals surface area contributed by atoms with Crippen molar-refractivity contribution in [1.82, 2.24) is 54.2 Å². The van der Waals surface area contributed by atoms with Crippen LogP contribution in [0.5, 0.6) is 0 Å². The van der Waals surface area contributed by atoms with E-state index in [1.165, 1.54) is 52.1 Å². The summed E-state index contributed by atoms with van der Waals surface area (Å²) in [6, 6.07) is 0. The third-order valence-corrected chi connectivity index (χ3v) is 19.0. The van der Waals surface area contributed by atoms with E-state index in [1.807, 2.05) is 0 Å². The lowest BCUT2D eigenvalue weighted by atomic mass is 9.94. The van der Waals surface area contributed by atoms with Gasteiger partial charge < -0.3 is 90.4 Å². The number of hydrogen-bond acceptors (Lipinski definition) is 29. The number of aryl methyl sites for hydroxylation is 1. The van der Waals surface area contributed by atoms with E-state index >= 15 is 0 Å². The Morgan fingerprint density at radius 3 is 2.14 bits per heavy atom. The molecular weight excluding hydrogens is 1130 g/mol. The number of guanidine groups is 1. The third kappa shape index (κ3) is 11.4. The van der Waals surface area contributed by atoms with Gasteiger partial charge in [-0.25, -0.2) is 38.2 Å². The van der Waals surface area contributed by atoms with Gasteiger partial charge in [0, 0.05) is 33.6 Å². The Morgan fingerprint density at radius 2 is 1.46 bits per heavy atom. The summed E-state index contributed by atoms with van der Waals surface area (Å²) in [7, 11) is -18.4. The fourth-order valence-electron chi connectivity index (χ4n) is 9.42. The van der Waals surface area contributed by atoms with Gasteiger partial charge in [0.1, 0.15) is 55.7 Å². The number of aromatic nitrogens is 10. The molecular formula is C36H52N16O22P4. The van der Waals surface area contributed by atoms with Gasteiger partial charge in [0.2, 0.25) is 24.4 Å². The molecule has 3 fully saturated rings. The second kappa shape index (κ2) is 22.0. The largest absolute Gasteiger partial charge is 0.778 e. The van der Waals surface area contributed by atoms with Crippen LogP contribution in [0.15, 0.2) is 35.1 Å². The zero-order chi connectivity index (χ0) is 56.4. The number of aliphatic hydroxyl groups is 2. The van der Waals surface area contributed by atoms with Crippen LogP contribution in [0.1, 0.15) is 30.8 Å². The number of nitrogen functional groups attached to an aromatic ring is 2. The molecule has 0 radical (unpaired) electrons. The number of aromatic amines is 1. The number of aliphatic hydroxyl groups excluding tert-OH is 2. The SMILES string of the molecule is CNC(=O)C[C@H]1[C@@H](OC)[C@H](n2c[n+](C)c3c(=O)[nH]c(N)nc32)O[C@@H]1COP(=O)(O)OP(=O)(O)OP(=O)(O)OC[C@H]1O[C@@H](n2cnc3c(N)ncnc32)[C@H](OC)[C@@H]1P(=O)([O-])OCC1O[C@@H](n2cnc3c2N=C(N)NC3)[C@H](O)[C@@H]1O. The number of methoxy groups -OCH3 is 2. The van der Waals surface area contributed by atoms with Crippen molar-refractivity contribution in [3.8, 4) is 0 Å². The van der Waals surface area contributed by atoms with Crippen molar-refractivity contribution in [1.29, 1.82) is 0 Å². The van der Waals surface area contributed by atoms with Crippen molar-refractivity contribution < 1.29 is 103 Å². The number of carbonyl (C=O) groups is 1. The number of anilines is 2. The van der Waals surface area contributed by atoms with Gasteiger partial charge in [0.15, 0.2) is 35.7 Å². The predicted molar refractivity (Wildman–Crippen MR) is 254 cm³/mol. The molecule has 42 heteroatoms. The zero-order valence-electron chi connectivity index (χ0n) is 40.9. The Hall–Kier alpha value is -5.27. The first-order chi connectivity index (χ1) is 36.8. The number of phosphoric ester groups is 2. The third-order valence-electron chi connectivity index (χ3n) is 12.9. The molecule has 0 aliphatic carbocycles. The number of rotatable bonds is 21. The van der Waals surface area contributed by atoms with Crippen molar-refractivity contribution in [2.24, 2.45) is 23.7 Å². The first-order valence-corrected chi connectivity index (χ1v) is 28.9. The van der Waals surface area contributed by atoms with E-state index in [0.29, 0.717) is 5.69 Å². The summed E-state index contributed by atoms with van der Waals surface area (Å²) < 4.78 is 113. The molecule has 5 unspecified atom stereocenters. The van der Waals surface area contributed by atoms with E-state index in [4.69, 9.17) is 54.5 Å². The zero-order valence-corrected chi connectivity index (χ0v) is 44.5. The molecule has 4 aliphatic rings. The smallest absolute Gasteiger partial charge is 0.490 e. The minimum absolute atomic E-state index is 0.00279. The number of nitrogens with two attached hydrogens (primary N) is 3. The van der Waals surface area contributed by atoms with Crippen molar-refractivity contribution in [3.63, 3.8) is 0 Å². The van der Waals surface area contributed by atoms with Gasteiger partial charge in [-0.15, -0.1) is 0 Å². The Kier molecular flexibility index (Phi) is 16.2. The van der Waals surface area contributed by atoms with Crippen LogP contribution in [-0.4, -0.2) is 170 Å². The number of amides is 1. The van der Waals surface area contributed by atoms with E-state index in [-0.39, 0.29) is 58.8 Å². The molecule has 0 saturated carbocycles. The molecule has 4 aliphatic heterocycles. The van der Waals surface area contributed by atoms with E-state index in [1.54, 1.807) is 0 Å². The minimum atomic E-state index is -6.22. The lowest BCUT2D eigenvalue weighted by molar-refractivity contribution is -0.646. The first-order valence-electron chi connectivity index (χ1n) is 22.8. The topological polar surface area (TPSA) is 532 Å². The normalized spacial score (nSPS) is 30.3. The second-order valence-corrected chi connectivity index (χ2v) is 24.3. The van der Waals surface area contributed by atoms with Crippen LogP contribution in [-0.2, 0) is 82.5 Å². The van der Waals surface area contributed by atoms with E-state index in [9.17, 15) is 57.6 Å². The number of nitrogens with one attached hydrogen (secondary N) is 3. The van der Waals surface area contributed by atoms with Crippen LogP contribution >= 0.6 is 31.1 Å². The quantitative estimate of drug-likeness (QED) is 0.0246. The molecule has 0 spiro atoms. The highest BCUT2D eigenvalue weighted by atomic mass is 31.3. The standard InChI is InChI=1S/C36H52N16O22P4/c1-40-19(53)5-14-16(70-33(24(14)65-3)52-13-49(2)21-30(52)47-36(39)48-31(21)56)7-68-76(59,60)73-78(63,64)74-77(61,62)69-9-18-26(25(66-4)34(72-18)51-12-45-20-27(37)42-10-43-29(20)51)75(57,58)67-8-17-22(54)23(55)32(71-17)50-11-44-15-6-41-35(38)46-28(15)50/h10-14,16-18,22-26,32-34,54-55H,5-9H2,1-4H3,(H12-,37,38,39,40,41,42,43,46,47,48,53,56,57,58,59,60,61,62,63,64)/t14-,16-,17?,18-,22-,23-,24-,25-,26-,32-,33-,34-/m1/s1. The van der Waals surface area contributed by atoms with Gasteiger partial charge in [0.05, 0.1) is 63.9 Å². The molecule has 9 rings (SSSR count). The van der Waals surface area contributed by atoms with E-state index in [2.05, 4.69) is 54.2 Å². The summed E-state index contributed by atoms with van der Waals surface area (Å²) in [6.45, 7) is -3.06. The van der Waals surface area contributed by atoms with Crippen LogP contribution in [0.3, 0.4) is 0 Å². The van der Waals surface area contributed by atoms with Crippen molar-refractivity contribution in [3.05, 3.63) is 41.4 Å². The summed E-state index contributed by atoms with van der Waals surface area (Å²) >= 11 is 0. The highest BCUT2D eigenvalue weighted by Gasteiger charge is 2.55. The molecule has 428 valence electrons. The second-order valence-electron chi connectivity index (χ2n) is 17.7. The number of nitrogens with zero attached hydrogens (tertiary/aromatic N) is 10. The number of H-pyrrole nitrogens is 1. The number of carbonyl (C=O) groups excluding carboxylic acids is 1. The van der Waals surface area contributed by atoms with E-state index < -0.39 is 135 Å². The Balaban J connectivity index is 0.894. The van der Waals surface area contributed by atoms with Crippen LogP contribution in [0.25, 0.3) is 22.3 Å². The maximum atomic E-state index is 14.4. The highest BCUT2D eigenvalue weighted by molar-refractivity contribution is 7.66. The first kappa shape index (κ1) is 57.4. The number of fused-ring (bicyclic) bond motifs is 3. The maximum absolute atomic E-state index is 14.4. The fourth-order valence-corrected chi connectivity index (χ4v) is 14.7. The molecule has 0 bridgehead atoms. The van der Waals surface area contributed by atoms with Crippen molar-refractivity contribution in [2.45, 2.75) is 80.0 Å². The summed E-state index contributed by atoms with van der Waals surface area (Å²) in [4.78, 5) is 98.8. The lowest BCUT2D eigenvalue weighted by Crippen LogP contribution is -2.40. The Morgan fingerprint density at radius 1 is 0.833 bits per heavy atom. The van der Waals surface area contributed by atoms with Gasteiger partial charge in [-0.05, 0) is 0 Å². The number of imidazole rings is 3. The van der Waals surface area contributed by atoms with Gasteiger partial charge in [-0.2, -0.15) is 23.2 Å². The molecule has 0 aromatic carbocycles. The monoisotopic (exact) mass is 1180 g/mol. The number of aliphatic imine (C=N–C) groups is 1. The van der Waals surface area contributed by atoms with Crippen LogP contribution in [0, 0.1) is 5.92 Å². The number of hydrogen-bond donors (Lipinski definition) is 11. The van der Waals surface area contributed by atoms with Crippen LogP contribution < -0.4 is 42.9 Å². The van der Waals surface area contributed by atoms with E-state index in [0.717, 1.165) is 19.8 Å². The van der Waals surface area contributed by atoms with Gasteiger partial charge in [-0.3, -0.25) is 32.8 Å². The maximum Gasteiger partial charge on any atom is 0.490 e. The average molecular weight is 1180 g/mol. The minimum Gasteiger partial charge on any atom is -0.778 e. The fraction of sp³-hybridized carbons (Fsp3) is 0.583.